The van der Waals surface area contributed by atoms with Crippen molar-refractivity contribution in [2.45, 2.75) is 0 Å². The minimum absolute atomic E-state index is 0.314. The van der Waals surface area contributed by atoms with Gasteiger partial charge in [-0.3, -0.25) is 0 Å². The SMILES string of the molecule is Cn1cccc1-c1cccc(C(=O)O)c1. The molecule has 0 spiro atoms. The van der Waals surface area contributed by atoms with Gasteiger partial charge in [0.15, 0.2) is 0 Å². The summed E-state index contributed by atoms with van der Waals surface area (Å²) < 4.78 is 1.96. The van der Waals surface area contributed by atoms with Crippen molar-refractivity contribution in [3.8, 4) is 11.3 Å². The molecule has 0 atom stereocenters. The Bertz CT molecular complexity index is 500. The predicted molar refractivity (Wildman–Crippen MR) is 57.8 cm³/mol. The molecule has 0 bridgehead atoms. The Balaban J connectivity index is 2.50. The van der Waals surface area contributed by atoms with Crippen LogP contribution in [0.4, 0.5) is 0 Å². The Labute approximate surface area is 87.6 Å². The van der Waals surface area contributed by atoms with Crippen LogP contribution in [0, 0.1) is 0 Å². The number of carboxylic acid groups (broad SMARTS) is 1. The van der Waals surface area contributed by atoms with E-state index in [9.17, 15) is 4.79 Å². The molecule has 0 fully saturated rings. The average molecular weight is 201 g/mol. The van der Waals surface area contributed by atoms with Crippen LogP contribution in [0.3, 0.4) is 0 Å². The highest BCUT2D eigenvalue weighted by atomic mass is 16.4. The van der Waals surface area contributed by atoms with E-state index in [0.717, 1.165) is 11.3 Å². The van der Waals surface area contributed by atoms with E-state index in [4.69, 9.17) is 5.11 Å². The van der Waals surface area contributed by atoms with Gasteiger partial charge in [0, 0.05) is 18.9 Å². The van der Waals surface area contributed by atoms with E-state index in [-0.39, 0.29) is 0 Å². The first-order chi connectivity index (χ1) is 7.18. The molecule has 0 radical (unpaired) electrons. The molecule has 15 heavy (non-hydrogen) atoms. The molecule has 0 aliphatic rings. The molecule has 0 amide bonds. The van der Waals surface area contributed by atoms with E-state index < -0.39 is 5.97 Å². The monoisotopic (exact) mass is 201 g/mol. The lowest BCUT2D eigenvalue weighted by atomic mass is 10.1. The second-order valence-corrected chi connectivity index (χ2v) is 3.39. The predicted octanol–water partition coefficient (Wildman–Crippen LogP) is 2.39. The van der Waals surface area contributed by atoms with Crippen LogP contribution in [0.2, 0.25) is 0 Å². The topological polar surface area (TPSA) is 42.2 Å². The minimum atomic E-state index is -0.897. The number of carbonyl (C=O) groups is 1. The van der Waals surface area contributed by atoms with Crippen LogP contribution >= 0.6 is 0 Å². The second-order valence-electron chi connectivity index (χ2n) is 3.39. The minimum Gasteiger partial charge on any atom is -0.478 e. The van der Waals surface area contributed by atoms with Gasteiger partial charge < -0.3 is 9.67 Å². The quantitative estimate of drug-likeness (QED) is 0.810. The van der Waals surface area contributed by atoms with Crippen molar-refractivity contribution in [2.75, 3.05) is 0 Å². The third kappa shape index (κ3) is 1.76. The average Bonchev–Trinajstić information content (AvgIpc) is 2.64. The van der Waals surface area contributed by atoms with Gasteiger partial charge in [-0.25, -0.2) is 4.79 Å². The van der Waals surface area contributed by atoms with E-state index >= 15 is 0 Å². The maximum Gasteiger partial charge on any atom is 0.335 e. The largest absolute Gasteiger partial charge is 0.478 e. The van der Waals surface area contributed by atoms with Gasteiger partial charge in [-0.2, -0.15) is 0 Å². The summed E-state index contributed by atoms with van der Waals surface area (Å²) in [5, 5.41) is 8.87. The van der Waals surface area contributed by atoms with Crippen LogP contribution in [0.5, 0.6) is 0 Å². The highest BCUT2D eigenvalue weighted by molar-refractivity contribution is 5.89. The third-order valence-electron chi connectivity index (χ3n) is 2.35. The van der Waals surface area contributed by atoms with Gasteiger partial charge in [0.25, 0.3) is 0 Å². The first-order valence-corrected chi connectivity index (χ1v) is 4.63. The molecular formula is C12H11NO2. The number of hydrogen-bond acceptors (Lipinski definition) is 1. The van der Waals surface area contributed by atoms with E-state index in [0.29, 0.717) is 5.56 Å². The summed E-state index contributed by atoms with van der Waals surface area (Å²) in [6.45, 7) is 0. The molecule has 0 saturated carbocycles. The number of aromatic nitrogens is 1. The number of rotatable bonds is 2. The Morgan fingerprint density at radius 3 is 2.67 bits per heavy atom. The number of aromatic carboxylic acids is 1. The fourth-order valence-electron chi connectivity index (χ4n) is 1.57. The van der Waals surface area contributed by atoms with Crippen molar-refractivity contribution in [3.05, 3.63) is 48.2 Å². The van der Waals surface area contributed by atoms with Crippen LogP contribution in [-0.4, -0.2) is 15.6 Å². The van der Waals surface area contributed by atoms with Gasteiger partial charge in [-0.05, 0) is 29.8 Å². The van der Waals surface area contributed by atoms with Crippen LogP contribution in [0.1, 0.15) is 10.4 Å². The maximum atomic E-state index is 10.8. The summed E-state index contributed by atoms with van der Waals surface area (Å²) in [5.74, 6) is -0.897. The Kier molecular flexibility index (Phi) is 2.29. The highest BCUT2D eigenvalue weighted by Gasteiger charge is 2.05. The molecule has 0 saturated heterocycles. The lowest BCUT2D eigenvalue weighted by molar-refractivity contribution is 0.0697. The van der Waals surface area contributed by atoms with Crippen LogP contribution < -0.4 is 0 Å². The molecule has 1 N–H and O–H groups in total. The normalized spacial score (nSPS) is 10.2. The smallest absolute Gasteiger partial charge is 0.335 e. The Hall–Kier alpha value is -2.03. The number of carboxylic acids is 1. The van der Waals surface area contributed by atoms with Crippen molar-refractivity contribution < 1.29 is 9.90 Å². The Morgan fingerprint density at radius 2 is 2.07 bits per heavy atom. The molecule has 1 heterocycles. The first kappa shape index (κ1) is 9.52. The zero-order valence-corrected chi connectivity index (χ0v) is 8.34. The second kappa shape index (κ2) is 3.61. The van der Waals surface area contributed by atoms with Crippen molar-refractivity contribution in [1.82, 2.24) is 4.57 Å². The van der Waals surface area contributed by atoms with Crippen LogP contribution in [-0.2, 0) is 7.05 Å². The first-order valence-electron chi connectivity index (χ1n) is 4.63. The summed E-state index contributed by atoms with van der Waals surface area (Å²) in [4.78, 5) is 10.8. The van der Waals surface area contributed by atoms with Crippen molar-refractivity contribution in [1.29, 1.82) is 0 Å². The highest BCUT2D eigenvalue weighted by Crippen LogP contribution is 2.20. The van der Waals surface area contributed by atoms with Gasteiger partial charge in [0.05, 0.1) is 5.56 Å². The molecule has 1 aromatic carbocycles. The third-order valence-corrected chi connectivity index (χ3v) is 2.35. The standard InChI is InChI=1S/C12H11NO2/c1-13-7-3-6-11(13)9-4-2-5-10(8-9)12(14)15/h2-8H,1H3,(H,14,15). The number of hydrogen-bond donors (Lipinski definition) is 1. The number of benzene rings is 1. The van der Waals surface area contributed by atoms with E-state index in [1.165, 1.54) is 0 Å². The molecule has 0 aliphatic heterocycles. The molecule has 1 aromatic heterocycles. The van der Waals surface area contributed by atoms with Crippen molar-refractivity contribution >= 4 is 5.97 Å². The van der Waals surface area contributed by atoms with E-state index in [1.807, 2.05) is 36.0 Å². The van der Waals surface area contributed by atoms with Crippen LogP contribution in [0.15, 0.2) is 42.6 Å². The van der Waals surface area contributed by atoms with Gasteiger partial charge in [0.1, 0.15) is 0 Å². The molecule has 76 valence electrons. The van der Waals surface area contributed by atoms with Crippen LogP contribution in [0.25, 0.3) is 11.3 Å². The summed E-state index contributed by atoms with van der Waals surface area (Å²) in [7, 11) is 1.93. The van der Waals surface area contributed by atoms with Crippen molar-refractivity contribution in [2.24, 2.45) is 7.05 Å². The number of aryl methyl sites for hydroxylation is 1. The fourth-order valence-corrected chi connectivity index (χ4v) is 1.57. The summed E-state index contributed by atoms with van der Waals surface area (Å²) >= 11 is 0. The number of nitrogens with zero attached hydrogens (tertiary/aromatic N) is 1. The van der Waals surface area contributed by atoms with Gasteiger partial charge in [-0.15, -0.1) is 0 Å². The summed E-state index contributed by atoms with van der Waals surface area (Å²) in [5.41, 5.74) is 2.24. The van der Waals surface area contributed by atoms with E-state index in [2.05, 4.69) is 0 Å². The van der Waals surface area contributed by atoms with Gasteiger partial charge in [0.2, 0.25) is 0 Å². The molecule has 3 heteroatoms. The van der Waals surface area contributed by atoms with Gasteiger partial charge in [-0.1, -0.05) is 12.1 Å². The summed E-state index contributed by atoms with van der Waals surface area (Å²) in [6, 6.07) is 10.8. The maximum absolute atomic E-state index is 10.8. The van der Waals surface area contributed by atoms with Gasteiger partial charge >= 0.3 is 5.97 Å². The molecular weight excluding hydrogens is 190 g/mol. The molecule has 2 aromatic rings. The molecule has 3 nitrogen and oxygen atoms in total. The lowest BCUT2D eigenvalue weighted by Gasteiger charge is -2.04. The summed E-state index contributed by atoms with van der Waals surface area (Å²) in [6.07, 6.45) is 1.93. The lowest BCUT2D eigenvalue weighted by Crippen LogP contribution is -1.97. The molecule has 0 unspecified atom stereocenters. The Morgan fingerprint density at radius 1 is 1.27 bits per heavy atom. The molecule has 2 rings (SSSR count). The van der Waals surface area contributed by atoms with E-state index in [1.54, 1.807) is 18.2 Å². The molecule has 0 aliphatic carbocycles. The zero-order valence-electron chi connectivity index (χ0n) is 8.34. The van der Waals surface area contributed by atoms with Crippen molar-refractivity contribution in [3.63, 3.8) is 0 Å². The fraction of sp³-hybridized carbons (Fsp3) is 0.0833. The zero-order chi connectivity index (χ0) is 10.8.